The molecule has 8 nitrogen and oxygen atoms in total. The van der Waals surface area contributed by atoms with Crippen molar-refractivity contribution in [3.05, 3.63) is 81.9 Å². The fraction of sp³-hybridized carbons (Fsp3) is 0.259. The number of benzene rings is 2. The van der Waals surface area contributed by atoms with Gasteiger partial charge in [-0.15, -0.1) is 0 Å². The predicted molar refractivity (Wildman–Crippen MR) is 144 cm³/mol. The Morgan fingerprint density at radius 1 is 0.972 bits per heavy atom. The van der Waals surface area contributed by atoms with Crippen molar-refractivity contribution in [1.29, 1.82) is 0 Å². The van der Waals surface area contributed by atoms with Crippen LogP contribution in [0.4, 0.5) is 17.4 Å². The van der Waals surface area contributed by atoms with Crippen molar-refractivity contribution in [1.82, 2.24) is 9.97 Å². The molecule has 0 aliphatic heterocycles. The van der Waals surface area contributed by atoms with E-state index in [1.807, 2.05) is 46.8 Å². The highest BCUT2D eigenvalue weighted by Gasteiger charge is 2.17. The molecule has 2 aromatic carbocycles. The summed E-state index contributed by atoms with van der Waals surface area (Å²) in [6.45, 7) is 9.54. The number of oxazole rings is 1. The molecule has 36 heavy (non-hydrogen) atoms. The summed E-state index contributed by atoms with van der Waals surface area (Å²) >= 11 is 0. The van der Waals surface area contributed by atoms with Crippen molar-refractivity contribution in [2.24, 2.45) is 5.92 Å². The van der Waals surface area contributed by atoms with Gasteiger partial charge in [0.25, 0.3) is 11.6 Å². The third-order valence-electron chi connectivity index (χ3n) is 5.48. The first-order valence-corrected chi connectivity index (χ1v) is 13.3. The zero-order valence-electron chi connectivity index (χ0n) is 21.0. The molecular formula is C27H30N4O4S. The number of H-pyrrole nitrogens is 1. The molecular weight excluding hydrogens is 476 g/mol. The first-order valence-electron chi connectivity index (χ1n) is 11.6. The van der Waals surface area contributed by atoms with E-state index in [-0.39, 0.29) is 17.2 Å². The fourth-order valence-corrected chi connectivity index (χ4v) is 5.64. The highest BCUT2D eigenvalue weighted by molar-refractivity contribution is 7.92. The lowest BCUT2D eigenvalue weighted by Gasteiger charge is -2.13. The molecule has 0 aliphatic rings. The van der Waals surface area contributed by atoms with Crippen LogP contribution in [0.1, 0.15) is 30.5 Å². The number of nitrogens with zero attached hydrogens (tertiary/aromatic N) is 1. The van der Waals surface area contributed by atoms with E-state index in [0.29, 0.717) is 34.2 Å². The molecule has 0 unspecified atom stereocenters. The minimum atomic E-state index is -3.59. The molecule has 0 spiro atoms. The van der Waals surface area contributed by atoms with Crippen molar-refractivity contribution in [3.8, 4) is 22.5 Å². The lowest BCUT2D eigenvalue weighted by molar-refractivity contribution is 0.587. The van der Waals surface area contributed by atoms with Crippen LogP contribution < -0.4 is 15.6 Å². The average molecular weight is 507 g/mol. The number of anilines is 3. The van der Waals surface area contributed by atoms with Gasteiger partial charge in [0.05, 0.1) is 11.9 Å². The summed E-state index contributed by atoms with van der Waals surface area (Å²) in [7, 11) is -3.59. The monoisotopic (exact) mass is 506 g/mol. The molecule has 4 rings (SSSR count). The van der Waals surface area contributed by atoms with Crippen molar-refractivity contribution in [2.75, 3.05) is 15.8 Å². The third-order valence-corrected chi connectivity index (χ3v) is 7.13. The summed E-state index contributed by atoms with van der Waals surface area (Å²) in [5, 5.41) is 3.17. The van der Waals surface area contributed by atoms with E-state index in [1.54, 1.807) is 36.7 Å². The van der Waals surface area contributed by atoms with Crippen molar-refractivity contribution < 1.29 is 12.8 Å². The maximum atomic E-state index is 12.7. The minimum absolute atomic E-state index is 0.0240. The first-order chi connectivity index (χ1) is 17.0. The number of aryl methyl sites for hydroxylation is 3. The second-order valence-corrected chi connectivity index (χ2v) is 11.2. The van der Waals surface area contributed by atoms with E-state index in [0.717, 1.165) is 22.4 Å². The summed E-state index contributed by atoms with van der Waals surface area (Å²) in [6, 6.07) is 13.3. The van der Waals surface area contributed by atoms with Crippen molar-refractivity contribution >= 4 is 27.4 Å². The van der Waals surface area contributed by atoms with E-state index in [2.05, 4.69) is 26.1 Å². The van der Waals surface area contributed by atoms with Gasteiger partial charge in [-0.05, 0) is 85.3 Å². The smallest absolute Gasteiger partial charge is 0.299 e. The quantitative estimate of drug-likeness (QED) is 0.280. The molecule has 0 atom stereocenters. The number of hydrogen-bond donors (Lipinski definition) is 3. The summed E-state index contributed by atoms with van der Waals surface area (Å²) in [4.78, 5) is 19.7. The van der Waals surface area contributed by atoms with E-state index < -0.39 is 10.0 Å². The Hall–Kier alpha value is -3.85. The zero-order valence-corrected chi connectivity index (χ0v) is 21.8. The Morgan fingerprint density at radius 2 is 1.67 bits per heavy atom. The minimum Gasteiger partial charge on any atom is -0.423 e. The van der Waals surface area contributed by atoms with E-state index in [9.17, 15) is 13.2 Å². The van der Waals surface area contributed by atoms with Crippen LogP contribution in [-0.4, -0.2) is 24.1 Å². The SMILES string of the molecule is Cc1cc(C)cc(Nc2ncc(-c3cc(NS(=O)(=O)CC(C)C)cc(-c4c(C)cc[nH]c4=O)c3)o2)c1. The van der Waals surface area contributed by atoms with Gasteiger partial charge in [-0.1, -0.05) is 19.9 Å². The van der Waals surface area contributed by atoms with Gasteiger partial charge >= 0.3 is 0 Å². The second-order valence-electron chi connectivity index (χ2n) is 9.47. The largest absolute Gasteiger partial charge is 0.423 e. The predicted octanol–water partition coefficient (Wildman–Crippen LogP) is 5.76. The Bertz CT molecular complexity index is 1550. The van der Waals surface area contributed by atoms with Crippen LogP contribution >= 0.6 is 0 Å². The number of hydrogen-bond acceptors (Lipinski definition) is 6. The molecule has 0 saturated carbocycles. The molecule has 9 heteroatoms. The maximum Gasteiger partial charge on any atom is 0.299 e. The fourth-order valence-electron chi connectivity index (χ4n) is 4.20. The summed E-state index contributed by atoms with van der Waals surface area (Å²) in [5.41, 5.74) is 5.51. The highest BCUT2D eigenvalue weighted by Crippen LogP contribution is 2.32. The Morgan fingerprint density at radius 3 is 2.33 bits per heavy atom. The van der Waals surface area contributed by atoms with Gasteiger partial charge in [0.2, 0.25) is 10.0 Å². The molecule has 188 valence electrons. The number of sulfonamides is 1. The lowest BCUT2D eigenvalue weighted by atomic mass is 9.99. The maximum absolute atomic E-state index is 12.7. The second kappa shape index (κ2) is 10.0. The number of aromatic amines is 1. The van der Waals surface area contributed by atoms with Crippen LogP contribution in [0.3, 0.4) is 0 Å². The summed E-state index contributed by atoms with van der Waals surface area (Å²) in [5.74, 6) is 0.361. The van der Waals surface area contributed by atoms with E-state index in [1.165, 1.54) is 0 Å². The zero-order chi connectivity index (χ0) is 26.0. The molecule has 2 heterocycles. The Balaban J connectivity index is 1.76. The van der Waals surface area contributed by atoms with Crippen LogP contribution in [0.5, 0.6) is 0 Å². The summed E-state index contributed by atoms with van der Waals surface area (Å²) in [6.07, 6.45) is 3.15. The van der Waals surface area contributed by atoms with Crippen LogP contribution in [0.25, 0.3) is 22.5 Å². The summed E-state index contributed by atoms with van der Waals surface area (Å²) < 4.78 is 34.0. The van der Waals surface area contributed by atoms with Gasteiger partial charge in [-0.25, -0.2) is 13.4 Å². The van der Waals surface area contributed by atoms with Crippen LogP contribution in [0, 0.1) is 26.7 Å². The van der Waals surface area contributed by atoms with Gasteiger partial charge in [0.15, 0.2) is 5.76 Å². The molecule has 0 aliphatic carbocycles. The number of pyridine rings is 1. The molecule has 0 fully saturated rings. The number of rotatable bonds is 8. The van der Waals surface area contributed by atoms with Gasteiger partial charge in [-0.3, -0.25) is 9.52 Å². The van der Waals surface area contributed by atoms with Gasteiger partial charge in [0.1, 0.15) is 0 Å². The number of aromatic nitrogens is 2. The first kappa shape index (κ1) is 25.2. The van der Waals surface area contributed by atoms with Crippen LogP contribution in [0.2, 0.25) is 0 Å². The highest BCUT2D eigenvalue weighted by atomic mass is 32.2. The van der Waals surface area contributed by atoms with Crippen molar-refractivity contribution in [2.45, 2.75) is 34.6 Å². The molecule has 0 radical (unpaired) electrons. The van der Waals surface area contributed by atoms with Gasteiger partial charge in [-0.2, -0.15) is 0 Å². The van der Waals surface area contributed by atoms with Crippen molar-refractivity contribution in [3.63, 3.8) is 0 Å². The molecule has 3 N–H and O–H groups in total. The normalized spacial score (nSPS) is 11.6. The molecule has 0 bridgehead atoms. The lowest BCUT2D eigenvalue weighted by Crippen LogP contribution is -2.20. The Kier molecular flexibility index (Phi) is 7.03. The third kappa shape index (κ3) is 6.04. The Labute approximate surface area is 210 Å². The molecule has 0 amide bonds. The average Bonchev–Trinajstić information content (AvgIpc) is 3.20. The van der Waals surface area contributed by atoms with Crippen LogP contribution in [-0.2, 0) is 10.0 Å². The standard InChI is InChI=1S/C27H30N4O4S/c1-16(2)15-36(33,34)31-23-12-20(11-21(13-23)25-19(5)6-7-28-26(25)32)24-14-29-27(35-24)30-22-9-17(3)8-18(4)10-22/h6-14,16,31H,15H2,1-5H3,(H,28,32)(H,29,30). The molecule has 0 saturated heterocycles. The van der Waals surface area contributed by atoms with Gasteiger partial charge in [0, 0.05) is 28.7 Å². The number of nitrogens with one attached hydrogen (secondary N) is 3. The van der Waals surface area contributed by atoms with Crippen LogP contribution in [0.15, 0.2) is 64.1 Å². The van der Waals surface area contributed by atoms with Gasteiger partial charge < -0.3 is 14.7 Å². The molecule has 4 aromatic rings. The topological polar surface area (TPSA) is 117 Å². The van der Waals surface area contributed by atoms with E-state index >= 15 is 0 Å². The molecule has 2 aromatic heterocycles. The van der Waals surface area contributed by atoms with E-state index in [4.69, 9.17) is 4.42 Å².